The number of carboxylic acid groups (broad SMARTS) is 1. The number of aliphatic carboxylic acids is 1. The molecule has 0 bridgehead atoms. The summed E-state index contributed by atoms with van der Waals surface area (Å²) in [7, 11) is 0. The third-order valence-corrected chi connectivity index (χ3v) is 4.51. The van der Waals surface area contributed by atoms with E-state index in [2.05, 4.69) is 10.1 Å². The Morgan fingerprint density at radius 2 is 1.84 bits per heavy atom. The predicted octanol–water partition coefficient (Wildman–Crippen LogP) is 1.20. The van der Waals surface area contributed by atoms with Gasteiger partial charge in [0.15, 0.2) is 5.60 Å². The monoisotopic (exact) mass is 442 g/mol. The standard InChI is InChI=1S/C20H21F3N2O6/c21-20(22,23)31-17(27)15(11-13-6-8-19(30,9-7-13)18(28)29)25-16(26)14(24)10-12-4-2-1-3-5-12/h1-8,14-15,30H,9-11,24H2,(H,25,26)(H,28,29)/t14-,15-,19?/m0/s1. The Bertz CT molecular complexity index is 885. The van der Waals surface area contributed by atoms with Gasteiger partial charge in [-0.15, -0.1) is 13.2 Å². The summed E-state index contributed by atoms with van der Waals surface area (Å²) in [5, 5.41) is 21.0. The first kappa shape index (κ1) is 24.1. The van der Waals surface area contributed by atoms with E-state index in [1.54, 1.807) is 30.3 Å². The van der Waals surface area contributed by atoms with E-state index in [0.717, 1.165) is 12.2 Å². The second-order valence-electron chi connectivity index (χ2n) is 6.97. The van der Waals surface area contributed by atoms with E-state index in [1.807, 2.05) is 0 Å². The molecule has 0 heterocycles. The minimum Gasteiger partial charge on any atom is -0.479 e. The normalized spacial score (nSPS) is 20.4. The highest BCUT2D eigenvalue weighted by atomic mass is 19.4. The highest BCUT2D eigenvalue weighted by Crippen LogP contribution is 2.25. The minimum atomic E-state index is -5.26. The van der Waals surface area contributed by atoms with Gasteiger partial charge in [-0.3, -0.25) is 4.79 Å². The van der Waals surface area contributed by atoms with Crippen LogP contribution < -0.4 is 11.1 Å². The van der Waals surface area contributed by atoms with Gasteiger partial charge in [-0.05, 0) is 23.6 Å². The number of alkyl halides is 3. The molecule has 0 saturated carbocycles. The molecule has 1 aliphatic carbocycles. The number of allylic oxidation sites excluding steroid dienone is 1. The molecule has 1 aliphatic rings. The number of esters is 1. The van der Waals surface area contributed by atoms with Crippen LogP contribution in [0, 0.1) is 0 Å². The molecule has 8 nitrogen and oxygen atoms in total. The first-order valence-electron chi connectivity index (χ1n) is 9.13. The zero-order valence-corrected chi connectivity index (χ0v) is 16.1. The SMILES string of the molecule is N[C@@H](Cc1ccccc1)C(=O)N[C@@H](CC1=CCC(O)(C(=O)O)C=C1)C(=O)OC(F)(F)F. The van der Waals surface area contributed by atoms with Crippen molar-refractivity contribution >= 4 is 17.8 Å². The van der Waals surface area contributed by atoms with Crippen molar-refractivity contribution in [3.05, 3.63) is 59.7 Å². The topological polar surface area (TPSA) is 139 Å². The second-order valence-corrected chi connectivity index (χ2v) is 6.97. The van der Waals surface area contributed by atoms with Crippen molar-refractivity contribution in [3.8, 4) is 0 Å². The fraction of sp³-hybridized carbons (Fsp3) is 0.350. The number of carbonyl (C=O) groups excluding carboxylic acids is 2. The van der Waals surface area contributed by atoms with E-state index >= 15 is 0 Å². The van der Waals surface area contributed by atoms with Gasteiger partial charge in [0.25, 0.3) is 0 Å². The van der Waals surface area contributed by atoms with E-state index in [-0.39, 0.29) is 18.4 Å². The fourth-order valence-electron chi connectivity index (χ4n) is 2.83. The Kier molecular flexibility index (Phi) is 7.58. The number of nitrogens with one attached hydrogen (secondary N) is 1. The quantitative estimate of drug-likeness (QED) is 0.444. The molecule has 3 atom stereocenters. The number of hydrogen-bond acceptors (Lipinski definition) is 6. The molecule has 0 fully saturated rings. The van der Waals surface area contributed by atoms with Crippen molar-refractivity contribution < 1.29 is 42.5 Å². The van der Waals surface area contributed by atoms with Crippen LogP contribution in [0.1, 0.15) is 18.4 Å². The van der Waals surface area contributed by atoms with Crippen LogP contribution in [0.25, 0.3) is 0 Å². The maximum atomic E-state index is 12.5. The average Bonchev–Trinajstić information content (AvgIpc) is 2.68. The Morgan fingerprint density at radius 3 is 2.35 bits per heavy atom. The number of benzene rings is 1. The molecule has 1 unspecified atom stereocenters. The summed E-state index contributed by atoms with van der Waals surface area (Å²) in [5.74, 6) is -4.12. The average molecular weight is 442 g/mol. The molecular formula is C20H21F3N2O6. The fourth-order valence-corrected chi connectivity index (χ4v) is 2.83. The molecule has 0 saturated heterocycles. The van der Waals surface area contributed by atoms with Crippen molar-refractivity contribution in [2.45, 2.75) is 43.3 Å². The summed E-state index contributed by atoms with van der Waals surface area (Å²) in [6.45, 7) is 0. The van der Waals surface area contributed by atoms with Crippen LogP contribution in [-0.4, -0.2) is 52.1 Å². The number of ether oxygens (including phenoxy) is 1. The molecule has 1 amide bonds. The number of hydrogen-bond donors (Lipinski definition) is 4. The number of amides is 1. The van der Waals surface area contributed by atoms with E-state index < -0.39 is 48.3 Å². The third kappa shape index (κ3) is 7.23. The van der Waals surface area contributed by atoms with E-state index in [9.17, 15) is 32.7 Å². The van der Waals surface area contributed by atoms with Gasteiger partial charge in [0, 0.05) is 12.8 Å². The van der Waals surface area contributed by atoms with Gasteiger partial charge < -0.3 is 26.0 Å². The molecule has 2 rings (SSSR count). The Balaban J connectivity index is 2.11. The largest absolute Gasteiger partial charge is 0.575 e. The molecule has 1 aromatic carbocycles. The lowest BCUT2D eigenvalue weighted by Gasteiger charge is -2.24. The number of carboxylic acids is 1. The van der Waals surface area contributed by atoms with Crippen LogP contribution in [0.2, 0.25) is 0 Å². The van der Waals surface area contributed by atoms with Crippen LogP contribution in [0.15, 0.2) is 54.1 Å². The molecule has 11 heteroatoms. The summed E-state index contributed by atoms with van der Waals surface area (Å²) in [5.41, 5.74) is 4.60. The van der Waals surface area contributed by atoms with Gasteiger partial charge in [-0.1, -0.05) is 42.5 Å². The number of aliphatic hydroxyl groups is 1. The van der Waals surface area contributed by atoms with E-state index in [4.69, 9.17) is 10.8 Å². The summed E-state index contributed by atoms with van der Waals surface area (Å²) < 4.78 is 41.0. The molecule has 0 aliphatic heterocycles. The number of nitrogens with two attached hydrogens (primary N) is 1. The lowest BCUT2D eigenvalue weighted by Crippen LogP contribution is -2.50. The summed E-state index contributed by atoms with van der Waals surface area (Å²) in [4.78, 5) is 35.4. The maximum absolute atomic E-state index is 12.5. The van der Waals surface area contributed by atoms with Crippen LogP contribution in [0.4, 0.5) is 13.2 Å². The summed E-state index contributed by atoms with van der Waals surface area (Å²) in [6.07, 6.45) is -2.62. The number of carbonyl (C=O) groups is 3. The van der Waals surface area contributed by atoms with Crippen LogP contribution >= 0.6 is 0 Å². The van der Waals surface area contributed by atoms with Crippen molar-refractivity contribution in [1.29, 1.82) is 0 Å². The molecule has 0 spiro atoms. The zero-order valence-electron chi connectivity index (χ0n) is 16.1. The first-order valence-corrected chi connectivity index (χ1v) is 9.13. The van der Waals surface area contributed by atoms with Gasteiger partial charge in [-0.25, -0.2) is 9.59 Å². The van der Waals surface area contributed by atoms with Gasteiger partial charge in [0.1, 0.15) is 6.04 Å². The van der Waals surface area contributed by atoms with Crippen LogP contribution in [-0.2, 0) is 25.5 Å². The first-order chi connectivity index (χ1) is 14.4. The third-order valence-electron chi connectivity index (χ3n) is 4.51. The summed E-state index contributed by atoms with van der Waals surface area (Å²) >= 11 is 0. The van der Waals surface area contributed by atoms with Crippen molar-refractivity contribution in [2.75, 3.05) is 0 Å². The molecule has 1 aromatic rings. The maximum Gasteiger partial charge on any atom is 0.575 e. The van der Waals surface area contributed by atoms with Gasteiger partial charge in [0.2, 0.25) is 5.91 Å². The Morgan fingerprint density at radius 1 is 1.19 bits per heavy atom. The Labute approximate surface area is 175 Å². The second kappa shape index (κ2) is 9.75. The van der Waals surface area contributed by atoms with Crippen molar-refractivity contribution in [3.63, 3.8) is 0 Å². The number of halogens is 3. The highest BCUT2D eigenvalue weighted by molar-refractivity contribution is 5.88. The van der Waals surface area contributed by atoms with Gasteiger partial charge in [0.05, 0.1) is 6.04 Å². The van der Waals surface area contributed by atoms with Gasteiger partial charge in [-0.2, -0.15) is 0 Å². The van der Waals surface area contributed by atoms with Crippen molar-refractivity contribution in [2.24, 2.45) is 5.73 Å². The molecule has 0 aromatic heterocycles. The molecule has 5 N–H and O–H groups in total. The lowest BCUT2D eigenvalue weighted by atomic mass is 9.90. The van der Waals surface area contributed by atoms with Gasteiger partial charge >= 0.3 is 18.3 Å². The molecule has 31 heavy (non-hydrogen) atoms. The van der Waals surface area contributed by atoms with Crippen LogP contribution in [0.3, 0.4) is 0 Å². The minimum absolute atomic E-state index is 0.0853. The van der Waals surface area contributed by atoms with Crippen LogP contribution in [0.5, 0.6) is 0 Å². The van der Waals surface area contributed by atoms with E-state index in [0.29, 0.717) is 5.56 Å². The Hall–Kier alpha value is -3.18. The molecular weight excluding hydrogens is 421 g/mol. The zero-order chi connectivity index (χ0) is 23.2. The molecule has 0 radical (unpaired) electrons. The van der Waals surface area contributed by atoms with E-state index in [1.165, 1.54) is 6.08 Å². The smallest absolute Gasteiger partial charge is 0.479 e. The van der Waals surface area contributed by atoms with Crippen molar-refractivity contribution in [1.82, 2.24) is 5.32 Å². The number of rotatable bonds is 8. The highest BCUT2D eigenvalue weighted by Gasteiger charge is 2.39. The molecule has 168 valence electrons. The lowest BCUT2D eigenvalue weighted by molar-refractivity contribution is -0.306. The summed E-state index contributed by atoms with van der Waals surface area (Å²) in [6, 6.07) is 5.76. The predicted molar refractivity (Wildman–Crippen MR) is 101 cm³/mol.